The van der Waals surface area contributed by atoms with Gasteiger partial charge in [-0.15, -0.1) is 0 Å². The first-order valence-electron chi connectivity index (χ1n) is 6.72. The third-order valence-corrected chi connectivity index (χ3v) is 4.32. The van der Waals surface area contributed by atoms with Crippen molar-refractivity contribution in [3.63, 3.8) is 0 Å². The molecule has 2 rings (SSSR count). The fraction of sp³-hybridized carbons (Fsp3) is 0.846. The van der Waals surface area contributed by atoms with Gasteiger partial charge in [0.15, 0.2) is 0 Å². The molecule has 0 aromatic carbocycles. The van der Waals surface area contributed by atoms with Crippen molar-refractivity contribution in [1.29, 1.82) is 0 Å². The number of thioether (sulfide) groups is 1. The highest BCUT2D eigenvalue weighted by Crippen LogP contribution is 2.20. The van der Waals surface area contributed by atoms with E-state index in [-0.39, 0.29) is 11.9 Å². The minimum Gasteiger partial charge on any atom is -0.332 e. The lowest BCUT2D eigenvalue weighted by molar-refractivity contribution is -0.122. The van der Waals surface area contributed by atoms with Crippen molar-refractivity contribution in [3.8, 4) is 0 Å². The van der Waals surface area contributed by atoms with E-state index in [0.29, 0.717) is 17.9 Å². The molecule has 2 heterocycles. The number of nitrogens with one attached hydrogen (secondary N) is 2. The minimum absolute atomic E-state index is 0.00491. The highest BCUT2D eigenvalue weighted by Gasteiger charge is 2.35. The number of carbonyl (C=O) groups is 2. The average Bonchev–Trinajstić information content (AvgIpc) is 2.86. The zero-order valence-electron chi connectivity index (χ0n) is 11.5. The Morgan fingerprint density at radius 1 is 1.33 bits per heavy atom. The van der Waals surface area contributed by atoms with Crippen LogP contribution in [-0.2, 0) is 4.79 Å². The van der Waals surface area contributed by atoms with Crippen LogP contribution in [0, 0.1) is 5.92 Å². The summed E-state index contributed by atoms with van der Waals surface area (Å²) in [6.07, 6.45) is 2.95. The van der Waals surface area contributed by atoms with E-state index in [1.54, 1.807) is 0 Å². The van der Waals surface area contributed by atoms with Gasteiger partial charge in [-0.3, -0.25) is 4.79 Å². The monoisotopic (exact) mass is 272 g/mol. The van der Waals surface area contributed by atoms with Crippen LogP contribution in [0.25, 0.3) is 0 Å². The Morgan fingerprint density at radius 2 is 1.89 bits per heavy atom. The summed E-state index contributed by atoms with van der Waals surface area (Å²) < 4.78 is 0. The van der Waals surface area contributed by atoms with E-state index in [1.807, 2.05) is 25.6 Å². The molecule has 0 aliphatic carbocycles. The lowest BCUT2D eigenvalue weighted by Crippen LogP contribution is -2.31. The number of hydrogen-bond donors (Lipinski definition) is 2. The maximum atomic E-state index is 10.9. The molecule has 2 aliphatic rings. The summed E-state index contributed by atoms with van der Waals surface area (Å²) in [6, 6.07) is 0.815. The summed E-state index contributed by atoms with van der Waals surface area (Å²) in [7, 11) is 0. The molecule has 0 bridgehead atoms. The number of hydrogen-bond acceptors (Lipinski definition) is 3. The summed E-state index contributed by atoms with van der Waals surface area (Å²) in [6.45, 7) is 6.02. The fourth-order valence-electron chi connectivity index (χ4n) is 1.86. The maximum absolute atomic E-state index is 10.9. The Labute approximate surface area is 114 Å². The molecule has 2 unspecified atom stereocenters. The molecule has 2 N–H and O–H groups in total. The van der Waals surface area contributed by atoms with Gasteiger partial charge in [0.25, 0.3) is 0 Å². The molecule has 2 aliphatic heterocycles. The van der Waals surface area contributed by atoms with E-state index in [4.69, 9.17) is 0 Å². The first-order chi connectivity index (χ1) is 8.54. The molecule has 0 radical (unpaired) electrons. The molecule has 104 valence electrons. The topological polar surface area (TPSA) is 58.2 Å². The second kappa shape index (κ2) is 7.67. The van der Waals surface area contributed by atoms with Crippen molar-refractivity contribution in [3.05, 3.63) is 0 Å². The summed E-state index contributed by atoms with van der Waals surface area (Å²) >= 11 is 1.89. The molecule has 0 aromatic rings. The van der Waals surface area contributed by atoms with E-state index in [0.717, 1.165) is 30.8 Å². The Balaban J connectivity index is 0.000000180. The fourth-order valence-corrected chi connectivity index (χ4v) is 3.13. The van der Waals surface area contributed by atoms with Gasteiger partial charge in [0.2, 0.25) is 0 Å². The van der Waals surface area contributed by atoms with Crippen molar-refractivity contribution in [2.24, 2.45) is 5.92 Å². The SMILES string of the molecule is CCCCC(=O)C(C)C.O=C1NC2CSCC2N1. The Kier molecular flexibility index (Phi) is 6.54. The van der Waals surface area contributed by atoms with E-state index in [9.17, 15) is 9.59 Å². The minimum atomic E-state index is 0.00491. The van der Waals surface area contributed by atoms with Gasteiger partial charge < -0.3 is 10.6 Å². The lowest BCUT2D eigenvalue weighted by Gasteiger charge is -2.02. The molecule has 4 nitrogen and oxygen atoms in total. The Bertz CT molecular complexity index is 281. The standard InChI is InChI=1S/C8H16O.C5H8N2OS/c1-4-5-6-8(9)7(2)3;8-5-6-3-1-9-2-4(3)7-5/h7H,4-6H2,1-3H3;3-4H,1-2H2,(H2,6,7,8). The first kappa shape index (κ1) is 15.3. The predicted molar refractivity (Wildman–Crippen MR) is 75.9 cm³/mol. The summed E-state index contributed by atoms with van der Waals surface area (Å²) in [4.78, 5) is 21.5. The zero-order chi connectivity index (χ0) is 13.5. The van der Waals surface area contributed by atoms with Gasteiger partial charge in [-0.2, -0.15) is 11.8 Å². The van der Waals surface area contributed by atoms with Crippen LogP contribution >= 0.6 is 11.8 Å². The zero-order valence-corrected chi connectivity index (χ0v) is 12.3. The van der Waals surface area contributed by atoms with Crippen molar-refractivity contribution in [2.75, 3.05) is 11.5 Å². The number of rotatable bonds is 4. The van der Waals surface area contributed by atoms with E-state index >= 15 is 0 Å². The van der Waals surface area contributed by atoms with Crippen LogP contribution in [-0.4, -0.2) is 35.4 Å². The molecule has 2 fully saturated rings. The van der Waals surface area contributed by atoms with Crippen LogP contribution in [0.2, 0.25) is 0 Å². The number of ketones is 1. The number of fused-ring (bicyclic) bond motifs is 1. The number of urea groups is 1. The average molecular weight is 272 g/mol. The third kappa shape index (κ3) is 4.88. The molecular formula is C13H24N2O2S. The second-order valence-electron chi connectivity index (χ2n) is 5.09. The Hall–Kier alpha value is -0.710. The molecular weight excluding hydrogens is 248 g/mol. The molecule has 2 atom stereocenters. The molecule has 2 amide bonds. The molecule has 5 heteroatoms. The van der Waals surface area contributed by atoms with E-state index in [1.165, 1.54) is 0 Å². The van der Waals surface area contributed by atoms with Gasteiger partial charge in [-0.05, 0) is 6.42 Å². The van der Waals surface area contributed by atoms with Gasteiger partial charge in [0.1, 0.15) is 5.78 Å². The summed E-state index contributed by atoms with van der Waals surface area (Å²) in [5.41, 5.74) is 0. The van der Waals surface area contributed by atoms with Gasteiger partial charge >= 0.3 is 6.03 Å². The number of unbranched alkanes of at least 4 members (excludes halogenated alkanes) is 1. The highest BCUT2D eigenvalue weighted by molar-refractivity contribution is 7.99. The maximum Gasteiger partial charge on any atom is 0.315 e. The van der Waals surface area contributed by atoms with E-state index in [2.05, 4.69) is 17.6 Å². The molecule has 0 spiro atoms. The number of Topliss-reactive ketones (excluding diaryl/α,β-unsaturated/α-hetero) is 1. The van der Waals surface area contributed by atoms with Gasteiger partial charge in [0, 0.05) is 23.8 Å². The summed E-state index contributed by atoms with van der Waals surface area (Å²) in [5, 5.41) is 5.69. The number of carbonyl (C=O) groups excluding carboxylic acids is 2. The molecule has 0 aromatic heterocycles. The van der Waals surface area contributed by atoms with Crippen LogP contribution in [0.15, 0.2) is 0 Å². The lowest BCUT2D eigenvalue weighted by atomic mass is 10.0. The molecule has 2 saturated heterocycles. The van der Waals surface area contributed by atoms with Crippen LogP contribution in [0.5, 0.6) is 0 Å². The second-order valence-corrected chi connectivity index (χ2v) is 6.17. The smallest absolute Gasteiger partial charge is 0.315 e. The van der Waals surface area contributed by atoms with Crippen molar-refractivity contribution in [1.82, 2.24) is 10.6 Å². The number of amides is 2. The molecule has 18 heavy (non-hydrogen) atoms. The van der Waals surface area contributed by atoms with E-state index < -0.39 is 0 Å². The quantitative estimate of drug-likeness (QED) is 0.771. The molecule has 0 saturated carbocycles. The van der Waals surface area contributed by atoms with Gasteiger partial charge in [0.05, 0.1) is 12.1 Å². The predicted octanol–water partition coefficient (Wildman–Crippen LogP) is 2.18. The highest BCUT2D eigenvalue weighted by atomic mass is 32.2. The van der Waals surface area contributed by atoms with Crippen molar-refractivity contribution >= 4 is 23.6 Å². The van der Waals surface area contributed by atoms with Gasteiger partial charge in [-0.25, -0.2) is 4.79 Å². The van der Waals surface area contributed by atoms with Crippen LogP contribution < -0.4 is 10.6 Å². The van der Waals surface area contributed by atoms with Crippen LogP contribution in [0.3, 0.4) is 0 Å². The largest absolute Gasteiger partial charge is 0.332 e. The van der Waals surface area contributed by atoms with Crippen molar-refractivity contribution < 1.29 is 9.59 Å². The summed E-state index contributed by atoms with van der Waals surface area (Å²) in [5.74, 6) is 2.78. The first-order valence-corrected chi connectivity index (χ1v) is 7.87. The van der Waals surface area contributed by atoms with Crippen molar-refractivity contribution in [2.45, 2.75) is 52.1 Å². The van der Waals surface area contributed by atoms with Gasteiger partial charge in [-0.1, -0.05) is 27.2 Å². The third-order valence-electron chi connectivity index (χ3n) is 3.13. The normalized spacial score (nSPS) is 25.0. The van der Waals surface area contributed by atoms with Crippen LogP contribution in [0.1, 0.15) is 40.0 Å². The van der Waals surface area contributed by atoms with Crippen LogP contribution in [0.4, 0.5) is 4.79 Å². The Morgan fingerprint density at radius 3 is 2.33 bits per heavy atom.